The molecule has 0 bridgehead atoms. The molecule has 0 aliphatic heterocycles. The average Bonchev–Trinajstić information content (AvgIpc) is 3.77. The number of para-hydroxylation sites is 2. The van der Waals surface area contributed by atoms with E-state index in [1.807, 2.05) is 11.3 Å². The van der Waals surface area contributed by atoms with Gasteiger partial charge in [0.05, 0.1) is 15.7 Å². The van der Waals surface area contributed by atoms with E-state index in [1.54, 1.807) is 0 Å². The number of furan rings is 1. The second-order valence-corrected chi connectivity index (χ2v) is 12.7. The molecule has 2 nitrogen and oxygen atoms in total. The van der Waals surface area contributed by atoms with E-state index < -0.39 is 0 Å². The molecule has 210 valence electrons. The smallest absolute Gasteiger partial charge is 0.143 e. The minimum Gasteiger partial charge on any atom is -0.455 e. The minimum atomic E-state index is 0.913. The average molecular weight is 592 g/mol. The Kier molecular flexibility index (Phi) is 5.19. The lowest BCUT2D eigenvalue weighted by Gasteiger charge is -2.12. The largest absolute Gasteiger partial charge is 0.455 e. The molecule has 0 spiro atoms. The third-order valence-electron chi connectivity index (χ3n) is 9.20. The van der Waals surface area contributed by atoms with Gasteiger partial charge in [0.15, 0.2) is 0 Å². The number of hydrogen-bond donors (Lipinski definition) is 0. The van der Waals surface area contributed by atoms with Crippen LogP contribution in [0, 0.1) is 0 Å². The molecule has 45 heavy (non-hydrogen) atoms. The lowest BCUT2D eigenvalue weighted by molar-refractivity contribution is 0.673. The molecule has 0 amide bonds. The van der Waals surface area contributed by atoms with Crippen LogP contribution < -0.4 is 0 Å². The summed E-state index contributed by atoms with van der Waals surface area (Å²) in [4.78, 5) is 0. The standard InChI is InChI=1S/C42H25NOS/c1-2-12-28(13-3-1)43-36-19-9-8-17-33(36)42-40(43)35-25-27(22-24-38(35)45-42)29-14-6-7-16-31(29)32-18-10-20-37-39(32)34-23-21-26-11-4-5-15-30(26)41(34)44-37/h1-25H. The summed E-state index contributed by atoms with van der Waals surface area (Å²) in [5.41, 5.74) is 10.4. The van der Waals surface area contributed by atoms with Crippen LogP contribution in [0.25, 0.3) is 91.9 Å². The Morgan fingerprint density at radius 2 is 1.27 bits per heavy atom. The third-order valence-corrected chi connectivity index (χ3v) is 10.4. The first kappa shape index (κ1) is 24.8. The molecule has 7 aromatic carbocycles. The highest BCUT2D eigenvalue weighted by Crippen LogP contribution is 2.46. The number of hydrogen-bond acceptors (Lipinski definition) is 2. The number of thiophene rings is 1. The summed E-state index contributed by atoms with van der Waals surface area (Å²) in [6.07, 6.45) is 0. The van der Waals surface area contributed by atoms with Crippen molar-refractivity contribution in [3.63, 3.8) is 0 Å². The fraction of sp³-hybridized carbons (Fsp3) is 0. The molecule has 0 saturated carbocycles. The molecule has 0 aliphatic carbocycles. The summed E-state index contributed by atoms with van der Waals surface area (Å²) in [5, 5.41) is 7.22. The molecule has 3 heterocycles. The highest BCUT2D eigenvalue weighted by Gasteiger charge is 2.20. The number of rotatable bonds is 3. The van der Waals surface area contributed by atoms with Crippen molar-refractivity contribution < 1.29 is 4.42 Å². The Hall–Kier alpha value is -5.64. The Labute approximate surface area is 263 Å². The van der Waals surface area contributed by atoms with Gasteiger partial charge in [-0.05, 0) is 70.1 Å². The topological polar surface area (TPSA) is 18.1 Å². The predicted octanol–water partition coefficient (Wildman–Crippen LogP) is 12.4. The lowest BCUT2D eigenvalue weighted by Crippen LogP contribution is -1.93. The van der Waals surface area contributed by atoms with Crippen LogP contribution in [-0.4, -0.2) is 4.57 Å². The Morgan fingerprint density at radius 3 is 2.18 bits per heavy atom. The lowest BCUT2D eigenvalue weighted by atomic mass is 9.91. The zero-order chi connectivity index (χ0) is 29.5. The predicted molar refractivity (Wildman–Crippen MR) is 192 cm³/mol. The first-order chi connectivity index (χ1) is 22.3. The summed E-state index contributed by atoms with van der Waals surface area (Å²) in [5.74, 6) is 0. The van der Waals surface area contributed by atoms with Crippen molar-refractivity contribution in [2.45, 2.75) is 0 Å². The molecular weight excluding hydrogens is 567 g/mol. The molecule has 0 saturated heterocycles. The highest BCUT2D eigenvalue weighted by atomic mass is 32.1. The molecule has 0 unspecified atom stereocenters. The van der Waals surface area contributed by atoms with Gasteiger partial charge in [-0.15, -0.1) is 11.3 Å². The van der Waals surface area contributed by atoms with E-state index in [-0.39, 0.29) is 0 Å². The van der Waals surface area contributed by atoms with Gasteiger partial charge in [0.1, 0.15) is 11.2 Å². The van der Waals surface area contributed by atoms with E-state index in [0.717, 1.165) is 27.3 Å². The molecule has 10 rings (SSSR count). The van der Waals surface area contributed by atoms with E-state index in [0.29, 0.717) is 0 Å². The summed E-state index contributed by atoms with van der Waals surface area (Å²) in [7, 11) is 0. The first-order valence-corrected chi connectivity index (χ1v) is 16.1. The quantitative estimate of drug-likeness (QED) is 0.200. The second-order valence-electron chi connectivity index (χ2n) is 11.7. The van der Waals surface area contributed by atoms with E-state index in [9.17, 15) is 0 Å². The van der Waals surface area contributed by atoms with Gasteiger partial charge in [0.2, 0.25) is 0 Å². The van der Waals surface area contributed by atoms with Gasteiger partial charge >= 0.3 is 0 Å². The van der Waals surface area contributed by atoms with Gasteiger partial charge in [-0.2, -0.15) is 0 Å². The zero-order valence-electron chi connectivity index (χ0n) is 24.2. The summed E-state index contributed by atoms with van der Waals surface area (Å²) in [6, 6.07) is 54.6. The summed E-state index contributed by atoms with van der Waals surface area (Å²) < 4.78 is 11.6. The second kappa shape index (κ2) is 9.43. The van der Waals surface area contributed by atoms with Crippen LogP contribution in [0.5, 0.6) is 0 Å². The zero-order valence-corrected chi connectivity index (χ0v) is 25.0. The Morgan fingerprint density at radius 1 is 0.511 bits per heavy atom. The van der Waals surface area contributed by atoms with Crippen LogP contribution in [0.15, 0.2) is 156 Å². The maximum atomic E-state index is 6.55. The molecule has 3 aromatic heterocycles. The van der Waals surface area contributed by atoms with Gasteiger partial charge < -0.3 is 8.98 Å². The molecule has 0 atom stereocenters. The Bertz CT molecular complexity index is 2760. The number of nitrogens with zero attached hydrogens (tertiary/aromatic N) is 1. The fourth-order valence-corrected chi connectivity index (χ4v) is 8.43. The third kappa shape index (κ3) is 3.56. The normalized spacial score (nSPS) is 12.0. The van der Waals surface area contributed by atoms with Crippen LogP contribution in [0.3, 0.4) is 0 Å². The van der Waals surface area contributed by atoms with Gasteiger partial charge in [-0.1, -0.05) is 109 Å². The van der Waals surface area contributed by atoms with Crippen molar-refractivity contribution in [2.24, 2.45) is 0 Å². The molecule has 0 N–H and O–H groups in total. The van der Waals surface area contributed by atoms with Crippen LogP contribution in [0.4, 0.5) is 0 Å². The fourth-order valence-electron chi connectivity index (χ4n) is 7.23. The van der Waals surface area contributed by atoms with Crippen molar-refractivity contribution in [3.05, 3.63) is 152 Å². The number of benzene rings is 7. The van der Waals surface area contributed by atoms with Gasteiger partial charge in [-0.3, -0.25) is 0 Å². The van der Waals surface area contributed by atoms with Crippen LogP contribution in [-0.2, 0) is 0 Å². The molecule has 0 radical (unpaired) electrons. The molecule has 3 heteroatoms. The van der Waals surface area contributed by atoms with E-state index >= 15 is 0 Å². The van der Waals surface area contributed by atoms with Gasteiger partial charge in [-0.25, -0.2) is 0 Å². The highest BCUT2D eigenvalue weighted by molar-refractivity contribution is 7.26. The maximum Gasteiger partial charge on any atom is 0.143 e. The molecule has 10 aromatic rings. The van der Waals surface area contributed by atoms with Gasteiger partial charge in [0.25, 0.3) is 0 Å². The van der Waals surface area contributed by atoms with Gasteiger partial charge in [0, 0.05) is 37.3 Å². The van der Waals surface area contributed by atoms with E-state index in [2.05, 4.69) is 156 Å². The van der Waals surface area contributed by atoms with Crippen molar-refractivity contribution in [1.82, 2.24) is 4.57 Å². The van der Waals surface area contributed by atoms with Crippen LogP contribution in [0.2, 0.25) is 0 Å². The van der Waals surface area contributed by atoms with Crippen molar-refractivity contribution in [3.8, 4) is 27.9 Å². The Balaban J connectivity index is 1.24. The van der Waals surface area contributed by atoms with E-state index in [4.69, 9.17) is 4.42 Å². The van der Waals surface area contributed by atoms with Crippen LogP contribution in [0.1, 0.15) is 0 Å². The van der Waals surface area contributed by atoms with Crippen molar-refractivity contribution >= 4 is 75.3 Å². The van der Waals surface area contributed by atoms with Crippen molar-refractivity contribution in [2.75, 3.05) is 0 Å². The van der Waals surface area contributed by atoms with E-state index in [1.165, 1.54) is 64.5 Å². The molecule has 0 fully saturated rings. The molecule has 0 aliphatic rings. The molecular formula is C42H25NOS. The summed E-state index contributed by atoms with van der Waals surface area (Å²) >= 11 is 1.88. The van der Waals surface area contributed by atoms with Crippen molar-refractivity contribution in [1.29, 1.82) is 0 Å². The SMILES string of the molecule is c1ccc(-n2c3ccccc3c3sc4ccc(-c5ccccc5-c5cccc6oc7c8ccccc8ccc7c56)cc4c32)cc1. The van der Waals surface area contributed by atoms with Crippen LogP contribution >= 0.6 is 11.3 Å². The summed E-state index contributed by atoms with van der Waals surface area (Å²) in [6.45, 7) is 0. The number of aromatic nitrogens is 1. The monoisotopic (exact) mass is 591 g/mol. The maximum absolute atomic E-state index is 6.55. The first-order valence-electron chi connectivity index (χ1n) is 15.3. The number of fused-ring (bicyclic) bond motifs is 10. The minimum absolute atomic E-state index is 0.913.